The molecule has 1 aromatic heterocycles. The summed E-state index contributed by atoms with van der Waals surface area (Å²) in [5.41, 5.74) is 5.33. The summed E-state index contributed by atoms with van der Waals surface area (Å²) >= 11 is 0. The molecule has 2 aromatic rings. The number of benzene rings is 1. The Labute approximate surface area is 212 Å². The van der Waals surface area contributed by atoms with Gasteiger partial charge >= 0.3 is 0 Å². The lowest BCUT2D eigenvalue weighted by molar-refractivity contribution is 0.415. The van der Waals surface area contributed by atoms with Gasteiger partial charge < -0.3 is 16.0 Å². The lowest BCUT2D eigenvalue weighted by atomic mass is 9.91. The van der Waals surface area contributed by atoms with E-state index in [9.17, 15) is 0 Å². The summed E-state index contributed by atoms with van der Waals surface area (Å²) in [5.74, 6) is 1.38. The van der Waals surface area contributed by atoms with Gasteiger partial charge in [-0.3, -0.25) is 4.98 Å². The second-order valence-corrected chi connectivity index (χ2v) is 9.96. The standard InChI is InChI=1S/C31H42N4/c1-3-17-32-19-15-29(16-21-33-20-14-27-8-5-7-26(6-1)22-27)23-28-10-12-30(13-11-28)24-34-25-31-9-2-4-18-35-31/h1-2,4-13,18,27,29,32-34H,3,14-17,19-25H2/b6-1+. The van der Waals surface area contributed by atoms with Crippen molar-refractivity contribution in [2.45, 2.75) is 51.6 Å². The maximum Gasteiger partial charge on any atom is 0.0541 e. The van der Waals surface area contributed by atoms with E-state index >= 15 is 0 Å². The van der Waals surface area contributed by atoms with Crippen LogP contribution in [0.3, 0.4) is 0 Å². The van der Waals surface area contributed by atoms with E-state index in [1.54, 1.807) is 0 Å². The number of allylic oxidation sites excluding steroid dienone is 5. The zero-order chi connectivity index (χ0) is 24.0. The van der Waals surface area contributed by atoms with E-state index < -0.39 is 0 Å². The Morgan fingerprint density at radius 3 is 2.49 bits per heavy atom. The summed E-state index contributed by atoms with van der Waals surface area (Å²) in [5, 5.41) is 10.9. The van der Waals surface area contributed by atoms with E-state index in [4.69, 9.17) is 0 Å². The Hall–Kier alpha value is -2.53. The molecule has 1 aliphatic carbocycles. The van der Waals surface area contributed by atoms with Crippen molar-refractivity contribution in [3.05, 3.63) is 101 Å². The molecule has 2 heterocycles. The van der Waals surface area contributed by atoms with Crippen LogP contribution in [-0.2, 0) is 19.5 Å². The molecule has 4 nitrogen and oxygen atoms in total. The minimum Gasteiger partial charge on any atom is -0.317 e. The van der Waals surface area contributed by atoms with Gasteiger partial charge in [-0.1, -0.05) is 60.7 Å². The van der Waals surface area contributed by atoms with Crippen LogP contribution in [-0.4, -0.2) is 31.2 Å². The summed E-state index contributed by atoms with van der Waals surface area (Å²) in [7, 11) is 0. The van der Waals surface area contributed by atoms with Crippen molar-refractivity contribution in [2.75, 3.05) is 26.2 Å². The van der Waals surface area contributed by atoms with E-state index in [1.807, 2.05) is 18.3 Å². The molecule has 0 saturated carbocycles. The van der Waals surface area contributed by atoms with Crippen molar-refractivity contribution in [2.24, 2.45) is 11.8 Å². The Balaban J connectivity index is 1.24. The van der Waals surface area contributed by atoms with Crippen molar-refractivity contribution in [1.29, 1.82) is 0 Å². The molecule has 2 atom stereocenters. The lowest BCUT2D eigenvalue weighted by Gasteiger charge is -2.20. The summed E-state index contributed by atoms with van der Waals surface area (Å²) in [6, 6.07) is 15.3. The van der Waals surface area contributed by atoms with Crippen LogP contribution in [0, 0.1) is 11.8 Å². The minimum atomic E-state index is 0.672. The molecule has 0 fully saturated rings. The van der Waals surface area contributed by atoms with Crippen LogP contribution in [0.5, 0.6) is 0 Å². The van der Waals surface area contributed by atoms with Crippen LogP contribution in [0.4, 0.5) is 0 Å². The quantitative estimate of drug-likeness (QED) is 0.533. The van der Waals surface area contributed by atoms with Gasteiger partial charge in [0.15, 0.2) is 0 Å². The van der Waals surface area contributed by atoms with Crippen molar-refractivity contribution in [3.8, 4) is 0 Å². The predicted octanol–water partition coefficient (Wildman–Crippen LogP) is 5.34. The number of nitrogens with zero attached hydrogens (tertiary/aromatic N) is 1. The largest absolute Gasteiger partial charge is 0.317 e. The van der Waals surface area contributed by atoms with Gasteiger partial charge in [0, 0.05) is 19.3 Å². The van der Waals surface area contributed by atoms with Crippen LogP contribution in [0.2, 0.25) is 0 Å². The molecule has 3 N–H and O–H groups in total. The maximum absolute atomic E-state index is 4.38. The van der Waals surface area contributed by atoms with Gasteiger partial charge in [-0.15, -0.1) is 0 Å². The van der Waals surface area contributed by atoms with Gasteiger partial charge in [0.1, 0.15) is 0 Å². The van der Waals surface area contributed by atoms with E-state index in [2.05, 4.69) is 81.6 Å². The van der Waals surface area contributed by atoms with Gasteiger partial charge in [-0.05, 0) is 105 Å². The SMILES string of the molecule is C1=CC2CCNCCC(Cc3ccc(CNCc4ccccn4)cc3)CCNCC/C=C/C(=C1)C2. The molecule has 2 bridgehead atoms. The molecule has 0 amide bonds. The van der Waals surface area contributed by atoms with Crippen molar-refractivity contribution >= 4 is 0 Å². The monoisotopic (exact) mass is 470 g/mol. The molecule has 186 valence electrons. The summed E-state index contributed by atoms with van der Waals surface area (Å²) in [6.45, 7) is 6.05. The second kappa shape index (κ2) is 14.8. The highest BCUT2D eigenvalue weighted by molar-refractivity contribution is 5.28. The van der Waals surface area contributed by atoms with Crippen molar-refractivity contribution in [3.63, 3.8) is 0 Å². The van der Waals surface area contributed by atoms with Gasteiger partial charge in [-0.25, -0.2) is 0 Å². The fourth-order valence-electron chi connectivity index (χ4n) is 4.98. The molecule has 0 saturated heterocycles. The molecule has 35 heavy (non-hydrogen) atoms. The Morgan fingerprint density at radius 1 is 0.857 bits per heavy atom. The number of fused-ring (bicyclic) bond motifs is 2. The first-order chi connectivity index (χ1) is 17.3. The molecule has 0 radical (unpaired) electrons. The number of rotatable bonds is 6. The van der Waals surface area contributed by atoms with Crippen molar-refractivity contribution < 1.29 is 0 Å². The summed E-state index contributed by atoms with van der Waals surface area (Å²) < 4.78 is 0. The summed E-state index contributed by atoms with van der Waals surface area (Å²) in [4.78, 5) is 4.38. The smallest absolute Gasteiger partial charge is 0.0541 e. The number of hydrogen-bond donors (Lipinski definition) is 3. The Kier molecular flexibility index (Phi) is 10.8. The molecule has 1 aromatic carbocycles. The minimum absolute atomic E-state index is 0.672. The van der Waals surface area contributed by atoms with Gasteiger partial charge in [0.05, 0.1) is 5.69 Å². The molecule has 1 aliphatic heterocycles. The van der Waals surface area contributed by atoms with E-state index in [-0.39, 0.29) is 0 Å². The van der Waals surface area contributed by atoms with Gasteiger partial charge in [0.2, 0.25) is 0 Å². The molecule has 4 rings (SSSR count). The first kappa shape index (κ1) is 25.6. The lowest BCUT2D eigenvalue weighted by Crippen LogP contribution is -2.25. The van der Waals surface area contributed by atoms with E-state index in [1.165, 1.54) is 42.4 Å². The third kappa shape index (κ3) is 9.56. The molecule has 0 spiro atoms. The van der Waals surface area contributed by atoms with Crippen LogP contribution >= 0.6 is 0 Å². The Bertz CT molecular complexity index is 946. The average molecular weight is 471 g/mol. The van der Waals surface area contributed by atoms with E-state index in [0.29, 0.717) is 11.8 Å². The fraction of sp³-hybridized carbons (Fsp3) is 0.452. The first-order valence-electron chi connectivity index (χ1n) is 13.5. The number of pyridine rings is 1. The van der Waals surface area contributed by atoms with Crippen LogP contribution in [0.25, 0.3) is 0 Å². The Morgan fingerprint density at radius 2 is 1.66 bits per heavy atom. The number of nitrogens with one attached hydrogen (secondary N) is 3. The highest BCUT2D eigenvalue weighted by atomic mass is 14.9. The molecule has 2 unspecified atom stereocenters. The molecular weight excluding hydrogens is 428 g/mol. The third-order valence-corrected chi connectivity index (χ3v) is 7.07. The predicted molar refractivity (Wildman–Crippen MR) is 147 cm³/mol. The zero-order valence-corrected chi connectivity index (χ0v) is 21.1. The van der Waals surface area contributed by atoms with E-state index in [0.717, 1.165) is 57.8 Å². The highest BCUT2D eigenvalue weighted by Gasteiger charge is 2.12. The van der Waals surface area contributed by atoms with Crippen LogP contribution in [0.15, 0.2) is 84.6 Å². The maximum atomic E-state index is 4.38. The normalized spacial score (nSPS) is 22.9. The van der Waals surface area contributed by atoms with Crippen LogP contribution in [0.1, 0.15) is 48.9 Å². The second-order valence-electron chi connectivity index (χ2n) is 9.96. The van der Waals surface area contributed by atoms with Crippen LogP contribution < -0.4 is 16.0 Å². The molecule has 2 aliphatic rings. The highest BCUT2D eigenvalue weighted by Crippen LogP contribution is 2.22. The first-order valence-corrected chi connectivity index (χ1v) is 13.5. The molecular formula is C31H42N4. The van der Waals surface area contributed by atoms with Gasteiger partial charge in [0.25, 0.3) is 0 Å². The third-order valence-electron chi connectivity index (χ3n) is 7.07. The van der Waals surface area contributed by atoms with Gasteiger partial charge in [-0.2, -0.15) is 0 Å². The molecule has 4 heteroatoms. The van der Waals surface area contributed by atoms with Crippen molar-refractivity contribution in [1.82, 2.24) is 20.9 Å². The fourth-order valence-corrected chi connectivity index (χ4v) is 4.98. The number of hydrogen-bond acceptors (Lipinski definition) is 4. The topological polar surface area (TPSA) is 49.0 Å². The zero-order valence-electron chi connectivity index (χ0n) is 21.1. The number of aromatic nitrogens is 1. The average Bonchev–Trinajstić information content (AvgIpc) is 2.89. The summed E-state index contributed by atoms with van der Waals surface area (Å²) in [6.07, 6.45) is 20.5.